The van der Waals surface area contributed by atoms with Crippen molar-refractivity contribution >= 4 is 60.7 Å². The fourth-order valence-corrected chi connectivity index (χ4v) is 8.83. The van der Waals surface area contributed by atoms with E-state index in [1.54, 1.807) is 0 Å². The number of para-hydroxylation sites is 5. The molecule has 3 nitrogen and oxygen atoms in total. The van der Waals surface area contributed by atoms with Gasteiger partial charge in [-0.3, -0.25) is 0 Å². The Balaban J connectivity index is 1.19. The molecule has 0 saturated heterocycles. The largest absolute Gasteiger partial charge is 0.310 e. The van der Waals surface area contributed by atoms with E-state index in [4.69, 9.17) is 0 Å². The monoisotopic (exact) mass is 727 g/mol. The van der Waals surface area contributed by atoms with Gasteiger partial charge in [-0.15, -0.1) is 0 Å². The molecule has 0 bridgehead atoms. The van der Waals surface area contributed by atoms with Gasteiger partial charge in [-0.25, -0.2) is 0 Å². The maximum atomic E-state index is 2.45. The molecular formula is C54H37N3. The van der Waals surface area contributed by atoms with Crippen molar-refractivity contribution in [1.29, 1.82) is 0 Å². The van der Waals surface area contributed by atoms with Crippen LogP contribution in [0.3, 0.4) is 0 Å². The Morgan fingerprint density at radius 1 is 0.298 bits per heavy atom. The number of benzene rings is 9. The second-order valence-electron chi connectivity index (χ2n) is 14.5. The molecule has 11 aromatic rings. The van der Waals surface area contributed by atoms with Crippen LogP contribution in [0.5, 0.6) is 0 Å². The van der Waals surface area contributed by atoms with Crippen molar-refractivity contribution in [2.24, 2.45) is 0 Å². The van der Waals surface area contributed by atoms with E-state index in [-0.39, 0.29) is 0 Å². The Hall–Kier alpha value is -7.62. The molecule has 11 rings (SSSR count). The Labute approximate surface area is 331 Å². The van der Waals surface area contributed by atoms with Gasteiger partial charge in [-0.05, 0) is 89.5 Å². The Bertz CT molecular complexity index is 3230. The van der Waals surface area contributed by atoms with Crippen molar-refractivity contribution in [2.75, 3.05) is 4.90 Å². The molecule has 0 saturated carbocycles. The minimum absolute atomic E-state index is 1.08. The smallest absolute Gasteiger partial charge is 0.0561 e. The van der Waals surface area contributed by atoms with E-state index in [0.29, 0.717) is 0 Å². The predicted octanol–water partition coefficient (Wildman–Crippen LogP) is 14.7. The molecule has 0 spiro atoms. The van der Waals surface area contributed by atoms with Crippen molar-refractivity contribution in [1.82, 2.24) is 9.13 Å². The standard InChI is InChI=1S/C54H37N3/c1-4-18-38(19-5-1)39-20-16-25-42(36-39)55(43-34-35-46-44-26-10-14-31-50(44)57(53(46)37-43)41-23-8-3-9-24-41)49-30-13-11-27-45(49)47-29-17-33-52-54(47)48-28-12-15-32-51(48)56(52)40-21-6-2-7-22-40/h1-37H. The Morgan fingerprint density at radius 2 is 0.807 bits per heavy atom. The molecule has 9 aromatic carbocycles. The molecule has 0 radical (unpaired) electrons. The van der Waals surface area contributed by atoms with Gasteiger partial charge in [0.1, 0.15) is 0 Å². The van der Waals surface area contributed by atoms with Crippen LogP contribution in [0.25, 0.3) is 77.2 Å². The van der Waals surface area contributed by atoms with Crippen molar-refractivity contribution in [3.8, 4) is 33.6 Å². The van der Waals surface area contributed by atoms with Gasteiger partial charge in [-0.1, -0.05) is 152 Å². The summed E-state index contributed by atoms with van der Waals surface area (Å²) in [5, 5.41) is 4.93. The topological polar surface area (TPSA) is 13.1 Å². The number of nitrogens with zero attached hydrogens (tertiary/aromatic N) is 3. The van der Waals surface area contributed by atoms with E-state index in [1.807, 2.05) is 0 Å². The molecule has 2 heterocycles. The molecule has 0 N–H and O–H groups in total. The molecule has 0 atom stereocenters. The Kier molecular flexibility index (Phi) is 7.82. The van der Waals surface area contributed by atoms with E-state index in [1.165, 1.54) is 54.8 Å². The molecule has 0 aliphatic carbocycles. The van der Waals surface area contributed by atoms with Gasteiger partial charge in [0.15, 0.2) is 0 Å². The molecule has 57 heavy (non-hydrogen) atoms. The molecule has 2 aromatic heterocycles. The number of rotatable bonds is 7. The maximum Gasteiger partial charge on any atom is 0.0561 e. The highest BCUT2D eigenvalue weighted by atomic mass is 15.1. The van der Waals surface area contributed by atoms with Crippen molar-refractivity contribution in [2.45, 2.75) is 0 Å². The van der Waals surface area contributed by atoms with Crippen LogP contribution in [0.4, 0.5) is 17.1 Å². The van der Waals surface area contributed by atoms with E-state index in [9.17, 15) is 0 Å². The summed E-state index contributed by atoms with van der Waals surface area (Å²) in [5.74, 6) is 0. The lowest BCUT2D eigenvalue weighted by Gasteiger charge is -2.29. The molecule has 0 amide bonds. The molecule has 268 valence electrons. The number of fused-ring (bicyclic) bond motifs is 6. The van der Waals surface area contributed by atoms with Gasteiger partial charge in [0, 0.05) is 49.9 Å². The van der Waals surface area contributed by atoms with E-state index >= 15 is 0 Å². The minimum Gasteiger partial charge on any atom is -0.310 e. The van der Waals surface area contributed by atoms with Crippen molar-refractivity contribution < 1.29 is 0 Å². The highest BCUT2D eigenvalue weighted by molar-refractivity contribution is 6.17. The van der Waals surface area contributed by atoms with Gasteiger partial charge in [-0.2, -0.15) is 0 Å². The third-order valence-electron chi connectivity index (χ3n) is 11.3. The van der Waals surface area contributed by atoms with Crippen LogP contribution in [0, 0.1) is 0 Å². The Morgan fingerprint density at radius 3 is 1.56 bits per heavy atom. The fourth-order valence-electron chi connectivity index (χ4n) is 8.83. The van der Waals surface area contributed by atoms with E-state index in [0.717, 1.165) is 39.5 Å². The molecule has 0 aliphatic heterocycles. The average Bonchev–Trinajstić information content (AvgIpc) is 3.80. The van der Waals surface area contributed by atoms with Crippen molar-refractivity contribution in [3.05, 3.63) is 224 Å². The lowest BCUT2D eigenvalue weighted by molar-refractivity contribution is 1.18. The van der Waals surface area contributed by atoms with Gasteiger partial charge in [0.05, 0.1) is 27.8 Å². The van der Waals surface area contributed by atoms with Gasteiger partial charge in [0.2, 0.25) is 0 Å². The first-order valence-electron chi connectivity index (χ1n) is 19.5. The lowest BCUT2D eigenvalue weighted by atomic mass is 9.96. The molecule has 0 unspecified atom stereocenters. The lowest BCUT2D eigenvalue weighted by Crippen LogP contribution is -2.11. The summed E-state index contributed by atoms with van der Waals surface area (Å²) >= 11 is 0. The average molecular weight is 728 g/mol. The van der Waals surface area contributed by atoms with E-state index < -0.39 is 0 Å². The number of hydrogen-bond donors (Lipinski definition) is 0. The third-order valence-corrected chi connectivity index (χ3v) is 11.3. The van der Waals surface area contributed by atoms with Crippen LogP contribution >= 0.6 is 0 Å². The highest BCUT2D eigenvalue weighted by Gasteiger charge is 2.23. The fraction of sp³-hybridized carbons (Fsp3) is 0. The first-order chi connectivity index (χ1) is 28.3. The quantitative estimate of drug-likeness (QED) is 0.159. The maximum absolute atomic E-state index is 2.45. The predicted molar refractivity (Wildman–Crippen MR) is 241 cm³/mol. The van der Waals surface area contributed by atoms with Gasteiger partial charge < -0.3 is 14.0 Å². The summed E-state index contributed by atoms with van der Waals surface area (Å²) in [6, 6.07) is 81.2. The summed E-state index contributed by atoms with van der Waals surface area (Å²) in [7, 11) is 0. The second kappa shape index (κ2) is 13.6. The summed E-state index contributed by atoms with van der Waals surface area (Å²) < 4.78 is 4.80. The van der Waals surface area contributed by atoms with Crippen LogP contribution in [0.15, 0.2) is 224 Å². The highest BCUT2D eigenvalue weighted by Crippen LogP contribution is 2.47. The van der Waals surface area contributed by atoms with Gasteiger partial charge in [0.25, 0.3) is 0 Å². The SMILES string of the molecule is c1ccc(-c2cccc(N(c3ccc4c5ccccc5n(-c5ccccc5)c4c3)c3ccccc3-c3cccc4c3c3ccccc3n4-c3ccccc3)c2)cc1. The van der Waals surface area contributed by atoms with Crippen LogP contribution in [-0.2, 0) is 0 Å². The van der Waals surface area contributed by atoms with Crippen LogP contribution in [-0.4, -0.2) is 9.13 Å². The van der Waals surface area contributed by atoms with E-state index in [2.05, 4.69) is 238 Å². The van der Waals surface area contributed by atoms with Crippen LogP contribution in [0.1, 0.15) is 0 Å². The van der Waals surface area contributed by atoms with Crippen molar-refractivity contribution in [3.63, 3.8) is 0 Å². The minimum atomic E-state index is 1.08. The zero-order chi connectivity index (χ0) is 37.7. The number of hydrogen-bond acceptors (Lipinski definition) is 1. The molecule has 0 fully saturated rings. The summed E-state index contributed by atoms with van der Waals surface area (Å²) in [6.07, 6.45) is 0. The third kappa shape index (κ3) is 5.43. The summed E-state index contributed by atoms with van der Waals surface area (Å²) in [5.41, 5.74) is 15.0. The van der Waals surface area contributed by atoms with Crippen LogP contribution < -0.4 is 4.90 Å². The molecule has 3 heteroatoms. The number of aromatic nitrogens is 2. The number of anilines is 3. The molecule has 0 aliphatic rings. The van der Waals surface area contributed by atoms with Gasteiger partial charge >= 0.3 is 0 Å². The van der Waals surface area contributed by atoms with Crippen LogP contribution in [0.2, 0.25) is 0 Å². The first kappa shape index (κ1) is 32.8. The molecular weight excluding hydrogens is 691 g/mol. The zero-order valence-electron chi connectivity index (χ0n) is 31.2. The first-order valence-corrected chi connectivity index (χ1v) is 19.5. The normalized spacial score (nSPS) is 11.5. The second-order valence-corrected chi connectivity index (χ2v) is 14.5. The zero-order valence-corrected chi connectivity index (χ0v) is 31.2. The summed E-state index contributed by atoms with van der Waals surface area (Å²) in [6.45, 7) is 0. The summed E-state index contributed by atoms with van der Waals surface area (Å²) in [4.78, 5) is 2.45.